The molecule has 0 saturated heterocycles. The Balaban J connectivity index is 1.99. The predicted molar refractivity (Wildman–Crippen MR) is 74.7 cm³/mol. The summed E-state index contributed by atoms with van der Waals surface area (Å²) in [6.45, 7) is 5.47. The maximum absolute atomic E-state index is 13.4. The van der Waals surface area contributed by atoms with Crippen molar-refractivity contribution in [1.29, 1.82) is 0 Å². The molecule has 1 atom stereocenters. The molecule has 0 saturated carbocycles. The number of rotatable bonds is 1. The maximum Gasteiger partial charge on any atom is 0.407 e. The molecule has 1 aromatic carbocycles. The van der Waals surface area contributed by atoms with E-state index in [0.717, 1.165) is 11.1 Å². The van der Waals surface area contributed by atoms with Crippen LogP contribution in [0.4, 0.5) is 9.18 Å². The van der Waals surface area contributed by atoms with Gasteiger partial charge in [-0.25, -0.2) is 9.18 Å². The van der Waals surface area contributed by atoms with E-state index in [1.165, 1.54) is 6.07 Å². The predicted octanol–water partition coefficient (Wildman–Crippen LogP) is 3.58. The van der Waals surface area contributed by atoms with Gasteiger partial charge in [-0.2, -0.15) is 0 Å². The van der Waals surface area contributed by atoms with Crippen LogP contribution in [0.1, 0.15) is 31.9 Å². The Morgan fingerprint density at radius 3 is 2.53 bits per heavy atom. The van der Waals surface area contributed by atoms with E-state index in [2.05, 4.69) is 21.2 Å². The van der Waals surface area contributed by atoms with Gasteiger partial charge in [0.1, 0.15) is 11.4 Å². The Hall–Kier alpha value is -1.10. The van der Waals surface area contributed by atoms with Gasteiger partial charge in [0.15, 0.2) is 0 Å². The van der Waals surface area contributed by atoms with Crippen LogP contribution >= 0.6 is 15.9 Å². The number of nitrogens with one attached hydrogen (secondary N) is 1. The Labute approximate surface area is 120 Å². The van der Waals surface area contributed by atoms with Crippen LogP contribution < -0.4 is 5.32 Å². The molecular formula is C14H17BrFNO2. The molecule has 0 radical (unpaired) electrons. The summed E-state index contributed by atoms with van der Waals surface area (Å²) in [7, 11) is 0. The summed E-state index contributed by atoms with van der Waals surface area (Å²) in [6, 6.07) is 3.27. The van der Waals surface area contributed by atoms with E-state index in [0.29, 0.717) is 17.3 Å². The molecule has 0 bridgehead atoms. The van der Waals surface area contributed by atoms with Crippen molar-refractivity contribution in [2.75, 3.05) is 0 Å². The molecule has 104 valence electrons. The van der Waals surface area contributed by atoms with E-state index in [-0.39, 0.29) is 11.9 Å². The van der Waals surface area contributed by atoms with Gasteiger partial charge >= 0.3 is 6.09 Å². The third-order valence-corrected chi connectivity index (χ3v) is 3.50. The van der Waals surface area contributed by atoms with Crippen molar-refractivity contribution in [3.8, 4) is 0 Å². The summed E-state index contributed by atoms with van der Waals surface area (Å²) in [5, 5.41) is 2.82. The molecule has 1 N–H and O–H groups in total. The molecule has 0 heterocycles. The second kappa shape index (κ2) is 5.12. The largest absolute Gasteiger partial charge is 0.444 e. The van der Waals surface area contributed by atoms with Gasteiger partial charge in [0, 0.05) is 6.04 Å². The first kappa shape index (κ1) is 14.3. The Kier molecular flexibility index (Phi) is 3.85. The van der Waals surface area contributed by atoms with E-state index in [1.54, 1.807) is 6.07 Å². The van der Waals surface area contributed by atoms with Crippen molar-refractivity contribution in [2.45, 2.75) is 45.3 Å². The molecule has 1 unspecified atom stereocenters. The van der Waals surface area contributed by atoms with E-state index in [9.17, 15) is 9.18 Å². The van der Waals surface area contributed by atoms with E-state index >= 15 is 0 Å². The van der Waals surface area contributed by atoms with Gasteiger partial charge in [0.25, 0.3) is 0 Å². The highest BCUT2D eigenvalue weighted by Gasteiger charge is 2.26. The van der Waals surface area contributed by atoms with Gasteiger partial charge in [0.05, 0.1) is 4.47 Å². The molecule has 2 rings (SSSR count). The lowest BCUT2D eigenvalue weighted by Crippen LogP contribution is -2.39. The average Bonchev–Trinajstić information content (AvgIpc) is 2.56. The molecule has 5 heteroatoms. The summed E-state index contributed by atoms with van der Waals surface area (Å²) in [5.41, 5.74) is 1.50. The Bertz CT molecular complexity index is 480. The minimum atomic E-state index is -0.509. The summed E-state index contributed by atoms with van der Waals surface area (Å²) in [4.78, 5) is 11.7. The summed E-state index contributed by atoms with van der Waals surface area (Å²) in [5.74, 6) is -0.267. The zero-order valence-corrected chi connectivity index (χ0v) is 12.8. The lowest BCUT2D eigenvalue weighted by molar-refractivity contribution is 0.0506. The van der Waals surface area contributed by atoms with Crippen molar-refractivity contribution >= 4 is 22.0 Å². The van der Waals surface area contributed by atoms with Gasteiger partial charge in [-0.15, -0.1) is 0 Å². The van der Waals surface area contributed by atoms with Crippen molar-refractivity contribution in [1.82, 2.24) is 5.32 Å². The molecule has 3 nitrogen and oxygen atoms in total. The molecule has 0 aromatic heterocycles. The molecule has 1 amide bonds. The average molecular weight is 330 g/mol. The summed E-state index contributed by atoms with van der Waals surface area (Å²) in [6.07, 6.45) is 0.913. The lowest BCUT2D eigenvalue weighted by atomic mass is 10.1. The molecule has 1 aliphatic carbocycles. The summed E-state index contributed by atoms with van der Waals surface area (Å²) >= 11 is 3.17. The Morgan fingerprint density at radius 2 is 1.95 bits per heavy atom. The van der Waals surface area contributed by atoms with Crippen LogP contribution in [0.2, 0.25) is 0 Å². The van der Waals surface area contributed by atoms with Crippen LogP contribution in [0.25, 0.3) is 0 Å². The quantitative estimate of drug-likeness (QED) is 0.855. The molecule has 1 aliphatic rings. The number of hydrogen-bond acceptors (Lipinski definition) is 2. The first-order chi connectivity index (χ1) is 8.74. The van der Waals surface area contributed by atoms with Crippen LogP contribution in [0.5, 0.6) is 0 Å². The molecule has 1 aromatic rings. The number of carbonyl (C=O) groups is 1. The highest BCUT2D eigenvalue weighted by molar-refractivity contribution is 9.10. The van der Waals surface area contributed by atoms with Crippen molar-refractivity contribution in [2.24, 2.45) is 0 Å². The van der Waals surface area contributed by atoms with Crippen molar-refractivity contribution < 1.29 is 13.9 Å². The number of ether oxygens (including phenoxy) is 1. The van der Waals surface area contributed by atoms with Gasteiger partial charge in [-0.1, -0.05) is 0 Å². The molecule has 0 spiro atoms. The SMILES string of the molecule is CC(C)(C)OC(=O)NC1Cc2cc(F)c(Br)cc2C1. The van der Waals surface area contributed by atoms with Crippen LogP contribution in [0, 0.1) is 5.82 Å². The van der Waals surface area contributed by atoms with Gasteiger partial charge in [-0.05, 0) is 72.8 Å². The van der Waals surface area contributed by atoms with Gasteiger partial charge < -0.3 is 10.1 Å². The number of hydrogen-bond donors (Lipinski definition) is 1. The Morgan fingerprint density at radius 1 is 1.37 bits per heavy atom. The van der Waals surface area contributed by atoms with Crippen LogP contribution in [-0.4, -0.2) is 17.7 Å². The van der Waals surface area contributed by atoms with Crippen molar-refractivity contribution in [3.05, 3.63) is 33.5 Å². The van der Waals surface area contributed by atoms with Crippen LogP contribution in [0.3, 0.4) is 0 Å². The fraction of sp³-hybridized carbons (Fsp3) is 0.500. The number of carbonyl (C=O) groups excluding carboxylic acids is 1. The van der Waals surface area contributed by atoms with E-state index < -0.39 is 11.7 Å². The second-order valence-electron chi connectivity index (χ2n) is 5.79. The standard InChI is InChI=1S/C14H17BrFNO2/c1-14(2,3)19-13(18)17-10-4-8-6-11(15)12(16)7-9(8)5-10/h6-7,10H,4-5H2,1-3H3,(H,17,18). The number of alkyl carbamates (subject to hydrolysis) is 1. The normalized spacial score (nSPS) is 18.1. The van der Waals surface area contributed by atoms with Gasteiger partial charge in [0.2, 0.25) is 0 Å². The van der Waals surface area contributed by atoms with Crippen LogP contribution in [-0.2, 0) is 17.6 Å². The van der Waals surface area contributed by atoms with E-state index in [1.807, 2.05) is 20.8 Å². The fourth-order valence-corrected chi connectivity index (χ4v) is 2.58. The monoisotopic (exact) mass is 329 g/mol. The van der Waals surface area contributed by atoms with Gasteiger partial charge in [-0.3, -0.25) is 0 Å². The lowest BCUT2D eigenvalue weighted by Gasteiger charge is -2.21. The zero-order chi connectivity index (χ0) is 14.2. The number of benzene rings is 1. The molecular weight excluding hydrogens is 313 g/mol. The summed E-state index contributed by atoms with van der Waals surface area (Å²) < 4.78 is 19.1. The first-order valence-corrected chi connectivity index (χ1v) is 7.00. The third kappa shape index (κ3) is 3.69. The number of fused-ring (bicyclic) bond motifs is 1. The highest BCUT2D eigenvalue weighted by atomic mass is 79.9. The highest BCUT2D eigenvalue weighted by Crippen LogP contribution is 2.28. The topological polar surface area (TPSA) is 38.3 Å². The minimum Gasteiger partial charge on any atom is -0.444 e. The van der Waals surface area contributed by atoms with Crippen LogP contribution in [0.15, 0.2) is 16.6 Å². The first-order valence-electron chi connectivity index (χ1n) is 6.21. The second-order valence-corrected chi connectivity index (χ2v) is 6.64. The fourth-order valence-electron chi connectivity index (χ4n) is 2.19. The molecule has 0 aliphatic heterocycles. The van der Waals surface area contributed by atoms with E-state index in [4.69, 9.17) is 4.74 Å². The number of halogens is 2. The zero-order valence-electron chi connectivity index (χ0n) is 11.2. The minimum absolute atomic E-state index is 0.0291. The molecule has 19 heavy (non-hydrogen) atoms. The smallest absolute Gasteiger partial charge is 0.407 e. The maximum atomic E-state index is 13.4. The molecule has 0 fully saturated rings. The third-order valence-electron chi connectivity index (χ3n) is 2.90. The van der Waals surface area contributed by atoms with Crippen molar-refractivity contribution in [3.63, 3.8) is 0 Å². The number of amides is 1.